The number of anilines is 3. The number of aromatic carboxylic acids is 1. The number of carboxylic acid groups (broad SMARTS) is 1. The number of nitrogens with one attached hydrogen (secondary N) is 1. The highest BCUT2D eigenvalue weighted by molar-refractivity contribution is 6.03. The van der Waals surface area contributed by atoms with Crippen molar-refractivity contribution >= 4 is 34.2 Å². The maximum Gasteiger partial charge on any atom is 0.337 e. The van der Waals surface area contributed by atoms with Gasteiger partial charge in [0, 0.05) is 55.3 Å². The second-order valence-corrected chi connectivity index (χ2v) is 7.94. The molecule has 0 spiro atoms. The van der Waals surface area contributed by atoms with E-state index in [2.05, 4.69) is 44.3 Å². The van der Waals surface area contributed by atoms with E-state index in [1.165, 1.54) is 5.69 Å². The van der Waals surface area contributed by atoms with Gasteiger partial charge < -0.3 is 24.8 Å². The summed E-state index contributed by atoms with van der Waals surface area (Å²) in [5.74, 6) is 0.0854. The third-order valence-electron chi connectivity index (χ3n) is 5.80. The van der Waals surface area contributed by atoms with Gasteiger partial charge in [-0.1, -0.05) is 24.3 Å². The van der Waals surface area contributed by atoms with Crippen molar-refractivity contribution in [2.24, 2.45) is 0 Å². The first-order valence-electron chi connectivity index (χ1n) is 10.6. The minimum absolute atomic E-state index is 0.244. The molecule has 2 N–H and O–H groups in total. The van der Waals surface area contributed by atoms with Crippen LogP contribution in [0.1, 0.15) is 10.4 Å². The third-order valence-corrected chi connectivity index (χ3v) is 5.80. The van der Waals surface area contributed by atoms with Crippen LogP contribution in [0.2, 0.25) is 0 Å². The molecule has 1 fully saturated rings. The maximum atomic E-state index is 11.7. The summed E-state index contributed by atoms with van der Waals surface area (Å²) >= 11 is 0. The van der Waals surface area contributed by atoms with E-state index in [1.807, 2.05) is 30.3 Å². The van der Waals surface area contributed by atoms with Crippen molar-refractivity contribution in [1.29, 1.82) is 0 Å². The molecule has 0 aliphatic carbocycles. The molecule has 0 atom stereocenters. The molecule has 5 rings (SSSR count). The van der Waals surface area contributed by atoms with Gasteiger partial charge in [0.2, 0.25) is 5.95 Å². The molecule has 162 valence electrons. The summed E-state index contributed by atoms with van der Waals surface area (Å²) in [6.45, 7) is 4.09. The number of fused-ring (bicyclic) bond motifs is 1. The van der Waals surface area contributed by atoms with Gasteiger partial charge >= 0.3 is 5.97 Å². The van der Waals surface area contributed by atoms with Crippen LogP contribution in [-0.2, 0) is 0 Å². The molecule has 1 saturated heterocycles. The van der Waals surface area contributed by atoms with E-state index in [0.717, 1.165) is 37.4 Å². The Hall–Kier alpha value is -3.91. The minimum Gasteiger partial charge on any atom is -0.478 e. The Morgan fingerprint density at radius 3 is 2.66 bits per heavy atom. The number of piperazine rings is 1. The van der Waals surface area contributed by atoms with E-state index in [0.29, 0.717) is 17.2 Å². The van der Waals surface area contributed by atoms with Gasteiger partial charge in [-0.3, -0.25) is 0 Å². The highest BCUT2D eigenvalue weighted by Gasteiger charge is 2.16. The lowest BCUT2D eigenvalue weighted by atomic mass is 10.2. The zero-order chi connectivity index (χ0) is 22.1. The lowest BCUT2D eigenvalue weighted by Gasteiger charge is -2.34. The smallest absolute Gasteiger partial charge is 0.337 e. The fourth-order valence-corrected chi connectivity index (χ4v) is 4.06. The fourth-order valence-electron chi connectivity index (χ4n) is 4.06. The average molecular weight is 428 g/mol. The highest BCUT2D eigenvalue weighted by Crippen LogP contribution is 2.26. The van der Waals surface area contributed by atoms with Gasteiger partial charge in [-0.2, -0.15) is 4.98 Å². The molecule has 2 aromatic carbocycles. The number of hydrogen-bond donors (Lipinski definition) is 2. The molecule has 0 radical (unpaired) electrons. The lowest BCUT2D eigenvalue weighted by molar-refractivity contribution is 0.0699. The topological polar surface area (TPSA) is 86.5 Å². The number of benzene rings is 2. The van der Waals surface area contributed by atoms with Crippen LogP contribution in [0.3, 0.4) is 0 Å². The number of nitrogens with zero attached hydrogens (tertiary/aromatic N) is 5. The summed E-state index contributed by atoms with van der Waals surface area (Å²) in [7, 11) is 2.15. The fraction of sp³-hybridized carbons (Fsp3) is 0.208. The standard InChI is InChI=1S/C24H24N6O2/c1-28-11-13-29(14-12-28)18-6-4-5-17(15-18)26-24-25-10-9-22(27-24)30-16-20(23(31)32)19-7-2-3-8-21(19)30/h2-10,15-16H,11-14H2,1H3,(H,31,32)(H,25,26,27). The molecule has 0 amide bonds. The number of carbonyl (C=O) groups is 1. The molecule has 0 bridgehead atoms. The number of likely N-dealkylation sites (N-methyl/N-ethyl adjacent to an activating group) is 1. The summed E-state index contributed by atoms with van der Waals surface area (Å²) in [4.78, 5) is 25.4. The summed E-state index contributed by atoms with van der Waals surface area (Å²) in [5.41, 5.74) is 3.10. The van der Waals surface area contributed by atoms with E-state index in [1.54, 1.807) is 29.1 Å². The van der Waals surface area contributed by atoms with Gasteiger partial charge in [0.25, 0.3) is 0 Å². The second kappa shape index (κ2) is 8.32. The third kappa shape index (κ3) is 3.88. The quantitative estimate of drug-likeness (QED) is 0.502. The van der Waals surface area contributed by atoms with Crippen molar-refractivity contribution in [3.05, 3.63) is 72.6 Å². The predicted octanol–water partition coefficient (Wildman–Crippen LogP) is 3.61. The number of para-hydroxylation sites is 1. The summed E-state index contributed by atoms with van der Waals surface area (Å²) in [5, 5.41) is 13.5. The first-order valence-corrected chi connectivity index (χ1v) is 10.6. The molecule has 2 aromatic heterocycles. The number of hydrogen-bond acceptors (Lipinski definition) is 6. The SMILES string of the molecule is CN1CCN(c2cccc(Nc3nccc(-n4cc(C(=O)O)c5ccccc54)n3)c2)CC1. The molecule has 0 unspecified atom stereocenters. The first-order chi connectivity index (χ1) is 15.6. The van der Waals surface area contributed by atoms with Crippen LogP contribution in [0.15, 0.2) is 67.0 Å². The number of aromatic nitrogens is 3. The van der Waals surface area contributed by atoms with E-state index >= 15 is 0 Å². The van der Waals surface area contributed by atoms with Crippen LogP contribution >= 0.6 is 0 Å². The molecule has 1 aliphatic rings. The van der Waals surface area contributed by atoms with Crippen LogP contribution < -0.4 is 10.2 Å². The molecular weight excluding hydrogens is 404 g/mol. The Kier molecular flexibility index (Phi) is 5.20. The van der Waals surface area contributed by atoms with E-state index in [9.17, 15) is 9.90 Å². The number of carboxylic acids is 1. The van der Waals surface area contributed by atoms with Crippen LogP contribution in [0.4, 0.5) is 17.3 Å². The number of rotatable bonds is 5. The zero-order valence-electron chi connectivity index (χ0n) is 17.8. The van der Waals surface area contributed by atoms with E-state index in [-0.39, 0.29) is 5.56 Å². The maximum absolute atomic E-state index is 11.7. The normalized spacial score (nSPS) is 14.6. The van der Waals surface area contributed by atoms with Gasteiger partial charge in [-0.25, -0.2) is 9.78 Å². The van der Waals surface area contributed by atoms with Crippen LogP contribution in [0, 0.1) is 0 Å². The van der Waals surface area contributed by atoms with Crippen LogP contribution in [0.5, 0.6) is 0 Å². The molecule has 4 aromatic rings. The predicted molar refractivity (Wildman–Crippen MR) is 125 cm³/mol. The zero-order valence-corrected chi connectivity index (χ0v) is 17.8. The van der Waals surface area contributed by atoms with Gasteiger partial charge in [-0.15, -0.1) is 0 Å². The van der Waals surface area contributed by atoms with Gasteiger partial charge in [0.15, 0.2) is 0 Å². The molecule has 1 aliphatic heterocycles. The summed E-state index contributed by atoms with van der Waals surface area (Å²) in [6, 6.07) is 17.4. The van der Waals surface area contributed by atoms with E-state index < -0.39 is 5.97 Å². The van der Waals surface area contributed by atoms with Crippen molar-refractivity contribution in [3.63, 3.8) is 0 Å². The molecule has 8 heteroatoms. The molecule has 0 saturated carbocycles. The van der Waals surface area contributed by atoms with Gasteiger partial charge in [-0.05, 0) is 37.4 Å². The molecule has 8 nitrogen and oxygen atoms in total. The monoisotopic (exact) mass is 428 g/mol. The average Bonchev–Trinajstić information content (AvgIpc) is 3.20. The summed E-state index contributed by atoms with van der Waals surface area (Å²) < 4.78 is 1.78. The Morgan fingerprint density at radius 2 is 1.84 bits per heavy atom. The van der Waals surface area contributed by atoms with Crippen molar-refractivity contribution in [2.45, 2.75) is 0 Å². The Balaban J connectivity index is 1.43. The molecule has 32 heavy (non-hydrogen) atoms. The highest BCUT2D eigenvalue weighted by atomic mass is 16.4. The lowest BCUT2D eigenvalue weighted by Crippen LogP contribution is -2.44. The Labute approximate surface area is 185 Å². The van der Waals surface area contributed by atoms with Crippen molar-refractivity contribution in [1.82, 2.24) is 19.4 Å². The van der Waals surface area contributed by atoms with Crippen molar-refractivity contribution in [3.8, 4) is 5.82 Å². The largest absolute Gasteiger partial charge is 0.478 e. The Morgan fingerprint density at radius 1 is 1.03 bits per heavy atom. The molecular formula is C24H24N6O2. The van der Waals surface area contributed by atoms with Crippen LogP contribution in [0.25, 0.3) is 16.7 Å². The molecule has 3 heterocycles. The Bertz CT molecular complexity index is 1280. The van der Waals surface area contributed by atoms with Crippen molar-refractivity contribution in [2.75, 3.05) is 43.4 Å². The van der Waals surface area contributed by atoms with Gasteiger partial charge in [0.05, 0.1) is 11.1 Å². The first kappa shape index (κ1) is 20.0. The van der Waals surface area contributed by atoms with Crippen molar-refractivity contribution < 1.29 is 9.90 Å². The minimum atomic E-state index is -0.965. The van der Waals surface area contributed by atoms with Gasteiger partial charge in [0.1, 0.15) is 5.82 Å². The van der Waals surface area contributed by atoms with E-state index in [4.69, 9.17) is 0 Å². The second-order valence-electron chi connectivity index (χ2n) is 7.94. The van der Waals surface area contributed by atoms with Crippen LogP contribution in [-0.4, -0.2) is 63.7 Å². The summed E-state index contributed by atoms with van der Waals surface area (Å²) in [6.07, 6.45) is 3.28.